The minimum absolute atomic E-state index is 0.273. The van der Waals surface area contributed by atoms with Gasteiger partial charge in [0, 0.05) is 11.9 Å². The molecule has 5 nitrogen and oxygen atoms in total. The van der Waals surface area contributed by atoms with E-state index >= 15 is 0 Å². The zero-order valence-corrected chi connectivity index (χ0v) is 16.6. The largest absolute Gasteiger partial charge is 0.418 e. The molecule has 1 atom stereocenters. The number of rotatable bonds is 6. The van der Waals surface area contributed by atoms with Gasteiger partial charge in [0.1, 0.15) is 5.82 Å². The molecule has 0 radical (unpaired) electrons. The van der Waals surface area contributed by atoms with E-state index in [1.807, 2.05) is 31.2 Å². The molecule has 2 N–H and O–H groups in total. The van der Waals surface area contributed by atoms with E-state index in [9.17, 15) is 18.0 Å². The minimum Gasteiger partial charge on any atom is -0.370 e. The molecule has 1 heterocycles. The predicted octanol–water partition coefficient (Wildman–Crippen LogP) is 5.20. The fraction of sp³-hybridized carbons (Fsp3) is 0.250. The number of para-hydroxylation sites is 2. The first-order valence-electron chi connectivity index (χ1n) is 8.94. The molecule has 3 aromatic rings. The van der Waals surface area contributed by atoms with Gasteiger partial charge in [-0.25, -0.2) is 9.97 Å². The molecule has 1 unspecified atom stereocenters. The Bertz CT molecular complexity index is 1030. The fourth-order valence-electron chi connectivity index (χ4n) is 2.70. The quantitative estimate of drug-likeness (QED) is 0.424. The molecule has 2 aromatic carbocycles. The highest BCUT2D eigenvalue weighted by atomic mass is 32.2. The van der Waals surface area contributed by atoms with Gasteiger partial charge in [0.25, 0.3) is 0 Å². The lowest BCUT2D eigenvalue weighted by atomic mass is 10.1. The van der Waals surface area contributed by atoms with E-state index in [-0.39, 0.29) is 5.69 Å². The van der Waals surface area contributed by atoms with E-state index in [1.165, 1.54) is 18.2 Å². The molecule has 0 fully saturated rings. The normalized spacial score (nSPS) is 12.6. The molecule has 0 saturated heterocycles. The van der Waals surface area contributed by atoms with Crippen LogP contribution in [0.2, 0.25) is 0 Å². The molecule has 29 heavy (non-hydrogen) atoms. The first-order chi connectivity index (χ1) is 13.8. The number of nitrogens with one attached hydrogen (secondary N) is 2. The predicted molar refractivity (Wildman–Crippen MR) is 109 cm³/mol. The SMILES string of the molecule is CCNc1nc(SC(C)C(=O)Nc2ccccc2C(F)(F)F)nc2ccccc12. The molecule has 0 bridgehead atoms. The van der Waals surface area contributed by atoms with Crippen LogP contribution in [-0.4, -0.2) is 27.7 Å². The third-order valence-electron chi connectivity index (χ3n) is 4.07. The second-order valence-electron chi connectivity index (χ2n) is 6.19. The van der Waals surface area contributed by atoms with E-state index in [0.717, 1.165) is 28.7 Å². The second-order valence-corrected chi connectivity index (χ2v) is 7.50. The van der Waals surface area contributed by atoms with E-state index in [2.05, 4.69) is 20.6 Å². The van der Waals surface area contributed by atoms with Crippen LogP contribution in [-0.2, 0) is 11.0 Å². The number of anilines is 2. The number of hydrogen-bond acceptors (Lipinski definition) is 5. The van der Waals surface area contributed by atoms with Crippen molar-refractivity contribution in [3.05, 3.63) is 54.1 Å². The maximum atomic E-state index is 13.1. The topological polar surface area (TPSA) is 66.9 Å². The number of fused-ring (bicyclic) bond motifs is 1. The Morgan fingerprint density at radius 1 is 1.10 bits per heavy atom. The Balaban J connectivity index is 1.80. The highest BCUT2D eigenvalue weighted by molar-refractivity contribution is 8.00. The van der Waals surface area contributed by atoms with Crippen LogP contribution in [0.5, 0.6) is 0 Å². The van der Waals surface area contributed by atoms with Crippen molar-refractivity contribution < 1.29 is 18.0 Å². The molecule has 0 spiro atoms. The zero-order valence-electron chi connectivity index (χ0n) is 15.7. The van der Waals surface area contributed by atoms with Gasteiger partial charge in [-0.1, -0.05) is 36.0 Å². The van der Waals surface area contributed by atoms with Gasteiger partial charge in [-0.15, -0.1) is 0 Å². The highest BCUT2D eigenvalue weighted by Crippen LogP contribution is 2.35. The first kappa shape index (κ1) is 20.9. The smallest absolute Gasteiger partial charge is 0.370 e. The lowest BCUT2D eigenvalue weighted by molar-refractivity contribution is -0.137. The maximum Gasteiger partial charge on any atom is 0.418 e. The van der Waals surface area contributed by atoms with E-state index in [1.54, 1.807) is 6.92 Å². The van der Waals surface area contributed by atoms with Crippen LogP contribution in [0.1, 0.15) is 19.4 Å². The Morgan fingerprint density at radius 2 is 1.79 bits per heavy atom. The number of hydrogen-bond donors (Lipinski definition) is 2. The number of alkyl halides is 3. The average molecular weight is 420 g/mol. The molecule has 3 rings (SSSR count). The number of halogens is 3. The summed E-state index contributed by atoms with van der Waals surface area (Å²) in [6.07, 6.45) is -4.55. The van der Waals surface area contributed by atoms with E-state index in [0.29, 0.717) is 17.5 Å². The summed E-state index contributed by atoms with van der Waals surface area (Å²) >= 11 is 1.08. The Hall–Kier alpha value is -2.81. The molecule has 0 aliphatic carbocycles. The molecule has 1 amide bonds. The molecule has 152 valence electrons. The van der Waals surface area contributed by atoms with Crippen molar-refractivity contribution in [3.63, 3.8) is 0 Å². The summed E-state index contributed by atoms with van der Waals surface area (Å²) in [6.45, 7) is 4.20. The summed E-state index contributed by atoms with van der Waals surface area (Å²) in [5.41, 5.74) is -0.442. The molecular weight excluding hydrogens is 401 g/mol. The average Bonchev–Trinajstić information content (AvgIpc) is 2.68. The number of nitrogens with zero attached hydrogens (tertiary/aromatic N) is 2. The lowest BCUT2D eigenvalue weighted by Crippen LogP contribution is -2.24. The highest BCUT2D eigenvalue weighted by Gasteiger charge is 2.34. The van der Waals surface area contributed by atoms with Gasteiger partial charge < -0.3 is 10.6 Å². The summed E-state index contributed by atoms with van der Waals surface area (Å²) in [4.78, 5) is 21.4. The first-order valence-corrected chi connectivity index (χ1v) is 9.82. The number of thioether (sulfide) groups is 1. The third kappa shape index (κ3) is 4.97. The number of amides is 1. The number of benzene rings is 2. The van der Waals surface area contributed by atoms with Gasteiger partial charge in [0.05, 0.1) is 22.0 Å². The minimum atomic E-state index is -4.55. The van der Waals surface area contributed by atoms with Crippen molar-refractivity contribution >= 4 is 40.1 Å². The van der Waals surface area contributed by atoms with Crippen molar-refractivity contribution in [1.82, 2.24) is 9.97 Å². The van der Waals surface area contributed by atoms with Crippen LogP contribution in [0.15, 0.2) is 53.7 Å². The molecule has 1 aromatic heterocycles. The third-order valence-corrected chi connectivity index (χ3v) is 5.03. The van der Waals surface area contributed by atoms with Crippen molar-refractivity contribution in [2.75, 3.05) is 17.2 Å². The van der Waals surface area contributed by atoms with E-state index < -0.39 is 22.9 Å². The standard InChI is InChI=1S/C20H19F3N4OS/c1-3-24-17-13-8-4-6-10-15(13)26-19(27-17)29-12(2)18(28)25-16-11-7-5-9-14(16)20(21,22)23/h4-12H,3H2,1-2H3,(H,25,28)(H,24,26,27). The molecule has 9 heteroatoms. The van der Waals surface area contributed by atoms with Crippen molar-refractivity contribution in [2.45, 2.75) is 30.4 Å². The Kier molecular flexibility index (Phi) is 6.26. The van der Waals surface area contributed by atoms with Crippen LogP contribution in [0, 0.1) is 0 Å². The number of aromatic nitrogens is 2. The van der Waals surface area contributed by atoms with Gasteiger partial charge in [-0.3, -0.25) is 4.79 Å². The van der Waals surface area contributed by atoms with Crippen molar-refractivity contribution in [2.24, 2.45) is 0 Å². The summed E-state index contributed by atoms with van der Waals surface area (Å²) in [6, 6.07) is 12.4. The number of carbonyl (C=O) groups excluding carboxylic acids is 1. The molecule has 0 aliphatic heterocycles. The van der Waals surface area contributed by atoms with Gasteiger partial charge in [0.15, 0.2) is 5.16 Å². The van der Waals surface area contributed by atoms with Crippen molar-refractivity contribution in [3.8, 4) is 0 Å². The zero-order chi connectivity index (χ0) is 21.0. The van der Waals surface area contributed by atoms with Crippen LogP contribution in [0.25, 0.3) is 10.9 Å². The van der Waals surface area contributed by atoms with Crippen molar-refractivity contribution in [1.29, 1.82) is 0 Å². The van der Waals surface area contributed by atoms with E-state index in [4.69, 9.17) is 0 Å². The Morgan fingerprint density at radius 3 is 2.52 bits per heavy atom. The monoisotopic (exact) mass is 420 g/mol. The Labute approximate surface area is 170 Å². The number of carbonyl (C=O) groups is 1. The summed E-state index contributed by atoms with van der Waals surface area (Å²) in [7, 11) is 0. The summed E-state index contributed by atoms with van der Waals surface area (Å²) in [5, 5.41) is 6.05. The maximum absolute atomic E-state index is 13.1. The molecular formula is C20H19F3N4OS. The van der Waals surface area contributed by atoms with Crippen LogP contribution in [0.3, 0.4) is 0 Å². The molecule has 0 saturated carbocycles. The molecule has 0 aliphatic rings. The van der Waals surface area contributed by atoms with Crippen LogP contribution in [0.4, 0.5) is 24.7 Å². The van der Waals surface area contributed by atoms with Gasteiger partial charge in [-0.2, -0.15) is 13.2 Å². The van der Waals surface area contributed by atoms with Crippen LogP contribution < -0.4 is 10.6 Å². The van der Waals surface area contributed by atoms with Gasteiger partial charge in [-0.05, 0) is 38.1 Å². The fourth-order valence-corrected chi connectivity index (χ4v) is 3.47. The second kappa shape index (κ2) is 8.69. The van der Waals surface area contributed by atoms with Gasteiger partial charge in [0.2, 0.25) is 5.91 Å². The summed E-state index contributed by atoms with van der Waals surface area (Å²) < 4.78 is 39.4. The lowest BCUT2D eigenvalue weighted by Gasteiger charge is -2.16. The van der Waals surface area contributed by atoms with Gasteiger partial charge >= 0.3 is 6.18 Å². The van der Waals surface area contributed by atoms with Crippen LogP contribution >= 0.6 is 11.8 Å². The summed E-state index contributed by atoms with van der Waals surface area (Å²) in [5.74, 6) is 0.0871.